The Hall–Kier alpha value is -1.94. The first-order valence-electron chi connectivity index (χ1n) is 5.31. The third-order valence-corrected chi connectivity index (χ3v) is 3.22. The Morgan fingerprint density at radius 1 is 1.33 bits per heavy atom. The number of nitro benzene ring substituents is 1. The summed E-state index contributed by atoms with van der Waals surface area (Å²) in [4.78, 5) is 29.7. The number of amides is 1. The summed E-state index contributed by atoms with van der Waals surface area (Å²) in [6.45, 7) is 0. The first-order valence-corrected chi connectivity index (χ1v) is 6.90. The van der Waals surface area contributed by atoms with Crippen molar-refractivity contribution in [2.45, 2.75) is 0 Å². The summed E-state index contributed by atoms with van der Waals surface area (Å²) in [5, 5.41) is 13.0. The van der Waals surface area contributed by atoms with Crippen LogP contribution in [0.25, 0.3) is 0 Å². The summed E-state index contributed by atoms with van der Waals surface area (Å²) >= 11 is 6.20. The molecule has 1 amide bonds. The van der Waals surface area contributed by atoms with Gasteiger partial charge in [-0.25, -0.2) is 14.4 Å². The Balaban J connectivity index is 2.30. The fraction of sp³-hybridized carbons (Fsp3) is 0. The monoisotopic (exact) mass is 418 g/mol. The topological polar surface area (TPSA) is 98.0 Å². The minimum absolute atomic E-state index is 0.107. The lowest BCUT2D eigenvalue weighted by molar-refractivity contribution is -0.385. The van der Waals surface area contributed by atoms with Crippen LogP contribution in [0, 0.1) is 15.9 Å². The van der Waals surface area contributed by atoms with Crippen LogP contribution in [0.5, 0.6) is 0 Å². The molecular formula is C11H5Br2FN4O3. The van der Waals surface area contributed by atoms with Crippen LogP contribution in [0.4, 0.5) is 15.9 Å². The number of hydrogen-bond donors (Lipinski definition) is 1. The lowest BCUT2D eigenvalue weighted by Gasteiger charge is -2.06. The SMILES string of the molecule is O=C(Nc1ncc(Br)nc1Br)c1cc(F)cc([N+](=O)[O-])c1. The van der Waals surface area contributed by atoms with Crippen LogP contribution in [-0.4, -0.2) is 20.8 Å². The fourth-order valence-electron chi connectivity index (χ4n) is 1.42. The smallest absolute Gasteiger partial charge is 0.273 e. The minimum Gasteiger partial charge on any atom is -0.304 e. The number of aromatic nitrogens is 2. The van der Waals surface area contributed by atoms with E-state index in [1.165, 1.54) is 6.20 Å². The van der Waals surface area contributed by atoms with Crippen molar-refractivity contribution in [3.63, 3.8) is 0 Å². The number of nitrogens with zero attached hydrogens (tertiary/aromatic N) is 3. The predicted molar refractivity (Wildman–Crippen MR) is 78.4 cm³/mol. The van der Waals surface area contributed by atoms with Crippen LogP contribution in [0.15, 0.2) is 33.6 Å². The van der Waals surface area contributed by atoms with E-state index < -0.39 is 22.3 Å². The van der Waals surface area contributed by atoms with Crippen molar-refractivity contribution in [1.82, 2.24) is 9.97 Å². The van der Waals surface area contributed by atoms with Crippen molar-refractivity contribution >= 4 is 49.3 Å². The molecule has 7 nitrogen and oxygen atoms in total. The molecule has 0 bridgehead atoms. The van der Waals surface area contributed by atoms with Crippen molar-refractivity contribution in [1.29, 1.82) is 0 Å². The van der Waals surface area contributed by atoms with Gasteiger partial charge in [0.15, 0.2) is 5.82 Å². The fourth-order valence-corrected chi connectivity index (χ4v) is 2.33. The summed E-state index contributed by atoms with van der Waals surface area (Å²) in [6.07, 6.45) is 1.36. The average molecular weight is 420 g/mol. The van der Waals surface area contributed by atoms with Gasteiger partial charge in [-0.3, -0.25) is 14.9 Å². The number of nitrogens with one attached hydrogen (secondary N) is 1. The van der Waals surface area contributed by atoms with Crippen molar-refractivity contribution < 1.29 is 14.1 Å². The summed E-state index contributed by atoms with van der Waals surface area (Å²) in [6, 6.07) is 2.59. The summed E-state index contributed by atoms with van der Waals surface area (Å²) in [7, 11) is 0. The van der Waals surface area contributed by atoms with E-state index in [0.29, 0.717) is 4.60 Å². The number of rotatable bonds is 3. The van der Waals surface area contributed by atoms with Gasteiger partial charge in [0, 0.05) is 11.6 Å². The number of carbonyl (C=O) groups excluding carboxylic acids is 1. The van der Waals surface area contributed by atoms with Crippen molar-refractivity contribution in [2.75, 3.05) is 5.32 Å². The molecule has 1 aromatic heterocycles. The molecule has 0 aliphatic carbocycles. The highest BCUT2D eigenvalue weighted by molar-refractivity contribution is 9.11. The van der Waals surface area contributed by atoms with E-state index in [0.717, 1.165) is 18.2 Å². The molecule has 108 valence electrons. The van der Waals surface area contributed by atoms with Gasteiger partial charge in [-0.05, 0) is 37.9 Å². The highest BCUT2D eigenvalue weighted by Crippen LogP contribution is 2.21. The maximum absolute atomic E-state index is 13.3. The molecule has 10 heteroatoms. The standard InChI is InChI=1S/C11H5Br2FN4O3/c12-8-4-15-10(9(13)16-8)17-11(19)5-1-6(14)3-7(2-5)18(20)21/h1-4H,(H,15,17,19). The van der Waals surface area contributed by atoms with Crippen LogP contribution in [-0.2, 0) is 0 Å². The zero-order chi connectivity index (χ0) is 15.6. The van der Waals surface area contributed by atoms with Crippen LogP contribution < -0.4 is 5.32 Å². The quantitative estimate of drug-likeness (QED) is 0.607. The third-order valence-electron chi connectivity index (χ3n) is 2.29. The van der Waals surface area contributed by atoms with E-state index in [9.17, 15) is 19.3 Å². The van der Waals surface area contributed by atoms with Crippen LogP contribution in [0.3, 0.4) is 0 Å². The van der Waals surface area contributed by atoms with Gasteiger partial charge in [0.25, 0.3) is 11.6 Å². The lowest BCUT2D eigenvalue weighted by atomic mass is 10.2. The van der Waals surface area contributed by atoms with Crippen LogP contribution in [0.1, 0.15) is 10.4 Å². The van der Waals surface area contributed by atoms with Gasteiger partial charge in [0.1, 0.15) is 15.0 Å². The molecule has 2 aromatic rings. The maximum atomic E-state index is 13.3. The second-order valence-corrected chi connectivity index (χ2v) is 5.31. The van der Waals surface area contributed by atoms with E-state index in [-0.39, 0.29) is 16.0 Å². The average Bonchev–Trinajstić information content (AvgIpc) is 2.41. The molecule has 0 radical (unpaired) electrons. The molecule has 0 aliphatic rings. The summed E-state index contributed by atoms with van der Waals surface area (Å²) in [5.41, 5.74) is -0.709. The Morgan fingerprint density at radius 3 is 2.67 bits per heavy atom. The van der Waals surface area contributed by atoms with Gasteiger partial charge in [0.2, 0.25) is 0 Å². The van der Waals surface area contributed by atoms with E-state index in [1.54, 1.807) is 0 Å². The Labute approximate surface area is 134 Å². The largest absolute Gasteiger partial charge is 0.304 e. The second-order valence-electron chi connectivity index (χ2n) is 3.74. The summed E-state index contributed by atoms with van der Waals surface area (Å²) in [5.74, 6) is -1.51. The van der Waals surface area contributed by atoms with Gasteiger partial charge in [-0.15, -0.1) is 0 Å². The molecule has 0 saturated carbocycles. The lowest BCUT2D eigenvalue weighted by Crippen LogP contribution is -2.14. The molecule has 0 atom stereocenters. The molecule has 1 heterocycles. The van der Waals surface area contributed by atoms with E-state index in [2.05, 4.69) is 47.1 Å². The minimum atomic E-state index is -0.879. The zero-order valence-electron chi connectivity index (χ0n) is 10.0. The van der Waals surface area contributed by atoms with Crippen molar-refractivity contribution in [2.24, 2.45) is 0 Å². The molecule has 1 N–H and O–H groups in total. The predicted octanol–water partition coefficient (Wildman–Crippen LogP) is 3.30. The molecule has 1 aromatic carbocycles. The molecule has 0 unspecified atom stereocenters. The van der Waals surface area contributed by atoms with Gasteiger partial charge < -0.3 is 5.32 Å². The van der Waals surface area contributed by atoms with Crippen molar-refractivity contribution in [3.8, 4) is 0 Å². The number of halogens is 3. The number of carbonyl (C=O) groups is 1. The molecule has 0 saturated heterocycles. The highest BCUT2D eigenvalue weighted by Gasteiger charge is 2.16. The molecule has 0 aliphatic heterocycles. The molecule has 0 fully saturated rings. The molecule has 2 rings (SSSR count). The van der Waals surface area contributed by atoms with Gasteiger partial charge in [-0.2, -0.15) is 0 Å². The number of nitro groups is 1. The molecule has 21 heavy (non-hydrogen) atoms. The van der Waals surface area contributed by atoms with E-state index in [4.69, 9.17) is 0 Å². The van der Waals surface area contributed by atoms with E-state index >= 15 is 0 Å². The molecular weight excluding hydrogens is 415 g/mol. The van der Waals surface area contributed by atoms with Gasteiger partial charge in [-0.1, -0.05) is 0 Å². The third kappa shape index (κ3) is 3.79. The Kier molecular flexibility index (Phi) is 4.58. The first kappa shape index (κ1) is 15.4. The number of non-ortho nitro benzene ring substituents is 1. The van der Waals surface area contributed by atoms with E-state index in [1.807, 2.05) is 0 Å². The Morgan fingerprint density at radius 2 is 2.05 bits per heavy atom. The Bertz CT molecular complexity index is 741. The number of hydrogen-bond acceptors (Lipinski definition) is 5. The second kappa shape index (κ2) is 6.22. The number of benzene rings is 1. The normalized spacial score (nSPS) is 10.2. The van der Waals surface area contributed by atoms with Crippen molar-refractivity contribution in [3.05, 3.63) is 55.1 Å². The first-order chi connectivity index (χ1) is 9.86. The molecule has 0 spiro atoms. The summed E-state index contributed by atoms with van der Waals surface area (Å²) < 4.78 is 14.0. The van der Waals surface area contributed by atoms with Gasteiger partial charge in [0.05, 0.1) is 17.2 Å². The maximum Gasteiger partial charge on any atom is 0.273 e. The highest BCUT2D eigenvalue weighted by atomic mass is 79.9. The van der Waals surface area contributed by atoms with Gasteiger partial charge >= 0.3 is 0 Å². The van der Waals surface area contributed by atoms with Crippen LogP contribution >= 0.6 is 31.9 Å². The zero-order valence-corrected chi connectivity index (χ0v) is 13.2. The number of anilines is 1. The van der Waals surface area contributed by atoms with Crippen LogP contribution in [0.2, 0.25) is 0 Å².